The van der Waals surface area contributed by atoms with Crippen LogP contribution in [0.4, 0.5) is 38.0 Å². The third-order valence-electron chi connectivity index (χ3n) is 12.5. The Balaban J connectivity index is 0.000000221. The molecule has 1 aromatic heterocycles. The van der Waals surface area contributed by atoms with E-state index in [1.807, 2.05) is 138 Å². The van der Waals surface area contributed by atoms with Gasteiger partial charge >= 0.3 is 12.1 Å². The van der Waals surface area contributed by atoms with E-state index in [0.717, 1.165) is 22.4 Å². The van der Waals surface area contributed by atoms with Crippen molar-refractivity contribution < 1.29 is 28.8 Å². The number of fused-ring (bicyclic) bond motifs is 2. The summed E-state index contributed by atoms with van der Waals surface area (Å²) in [7, 11) is 1.78. The van der Waals surface area contributed by atoms with E-state index in [9.17, 15) is 28.8 Å². The molecular formula is C61H62N10O6. The summed E-state index contributed by atoms with van der Waals surface area (Å²) >= 11 is 0. The van der Waals surface area contributed by atoms with E-state index in [1.54, 1.807) is 80.0 Å². The molecule has 0 aliphatic carbocycles. The Morgan fingerprint density at radius 1 is 0.558 bits per heavy atom. The second-order valence-corrected chi connectivity index (χ2v) is 19.0. The number of rotatable bonds is 12. The monoisotopic (exact) mass is 1030 g/mol. The van der Waals surface area contributed by atoms with Crippen LogP contribution in [0, 0.1) is 19.3 Å². The van der Waals surface area contributed by atoms with Crippen LogP contribution in [-0.2, 0) is 14.4 Å². The lowest BCUT2D eigenvalue weighted by Crippen LogP contribution is -2.50. The Kier molecular flexibility index (Phi) is 17.7. The van der Waals surface area contributed by atoms with Gasteiger partial charge in [-0.05, 0) is 79.6 Å². The van der Waals surface area contributed by atoms with Crippen molar-refractivity contribution in [3.8, 4) is 0 Å². The molecule has 3 heterocycles. The van der Waals surface area contributed by atoms with Gasteiger partial charge in [0.05, 0.1) is 41.6 Å². The molecular weight excluding hydrogens is 969 g/mol. The Morgan fingerprint density at radius 3 is 1.66 bits per heavy atom. The number of ketones is 2. The topological polar surface area (TPSA) is 207 Å². The summed E-state index contributed by atoms with van der Waals surface area (Å²) in [4.78, 5) is 97.0. The molecule has 5 N–H and O–H groups in total. The molecule has 2 atom stereocenters. The van der Waals surface area contributed by atoms with Crippen molar-refractivity contribution in [1.82, 2.24) is 15.6 Å². The van der Waals surface area contributed by atoms with Gasteiger partial charge in [0.1, 0.15) is 0 Å². The van der Waals surface area contributed by atoms with E-state index >= 15 is 0 Å². The number of benzodiazepines with no additional fused rings is 2. The number of aromatic nitrogens is 1. The lowest BCUT2D eigenvalue weighted by molar-refractivity contribution is -0.127. The van der Waals surface area contributed by atoms with Gasteiger partial charge in [-0.25, -0.2) is 19.6 Å². The Hall–Kier alpha value is -9.57. The van der Waals surface area contributed by atoms with Crippen LogP contribution in [0.1, 0.15) is 72.1 Å². The number of carbonyl (C=O) groups is 6. The number of Topliss-reactive ketones (excluding diaryl/α,β-unsaturated/α-hetero) is 2. The second-order valence-electron chi connectivity index (χ2n) is 19.0. The fraction of sp³-hybridized carbons (Fsp3) is 0.197. The fourth-order valence-corrected chi connectivity index (χ4v) is 8.46. The van der Waals surface area contributed by atoms with Crippen LogP contribution in [-0.4, -0.2) is 84.3 Å². The summed E-state index contributed by atoms with van der Waals surface area (Å²) in [5.41, 5.74) is 8.38. The maximum atomic E-state index is 14.0. The van der Waals surface area contributed by atoms with Crippen LogP contribution in [0.15, 0.2) is 186 Å². The van der Waals surface area contributed by atoms with E-state index in [1.165, 1.54) is 9.80 Å². The first-order chi connectivity index (χ1) is 36.6. The number of aryl methyl sites for hydroxylation is 2. The van der Waals surface area contributed by atoms with Crippen LogP contribution in [0.2, 0.25) is 0 Å². The van der Waals surface area contributed by atoms with Gasteiger partial charge in [0.2, 0.25) is 12.3 Å². The summed E-state index contributed by atoms with van der Waals surface area (Å²) in [5, 5.41) is 13.9. The minimum absolute atomic E-state index is 0. The number of para-hydroxylation sites is 2. The van der Waals surface area contributed by atoms with Crippen molar-refractivity contribution in [3.63, 3.8) is 0 Å². The summed E-state index contributed by atoms with van der Waals surface area (Å²) in [6, 6.07) is 50.1. The molecule has 2 aliphatic rings. The minimum Gasteiger partial charge on any atom is -0.388 e. The average Bonchev–Trinajstić information content (AvgIpc) is 3.62. The van der Waals surface area contributed by atoms with Gasteiger partial charge in [0, 0.05) is 58.0 Å². The summed E-state index contributed by atoms with van der Waals surface area (Å²) in [6.45, 7) is 8.85. The maximum absolute atomic E-state index is 14.0. The molecule has 6 amide bonds. The quantitative estimate of drug-likeness (QED) is 0.0743. The van der Waals surface area contributed by atoms with Crippen molar-refractivity contribution >= 4 is 75.3 Å². The fourth-order valence-electron chi connectivity index (χ4n) is 8.46. The van der Waals surface area contributed by atoms with Gasteiger partial charge < -0.3 is 36.4 Å². The smallest absolute Gasteiger partial charge is 0.321 e. The van der Waals surface area contributed by atoms with Gasteiger partial charge in [-0.15, -0.1) is 0 Å². The highest BCUT2D eigenvalue weighted by Crippen LogP contribution is 2.31. The summed E-state index contributed by atoms with van der Waals surface area (Å²) in [6.07, 6.45) is -0.912. The van der Waals surface area contributed by atoms with Crippen LogP contribution in [0.3, 0.4) is 0 Å². The molecule has 7 aromatic rings. The Bertz CT molecular complexity index is 3370. The number of nitrogens with zero attached hydrogens (tertiary/aromatic N) is 5. The predicted octanol–water partition coefficient (Wildman–Crippen LogP) is 10.2. The molecule has 6 aromatic carbocycles. The third kappa shape index (κ3) is 13.4. The van der Waals surface area contributed by atoms with Crippen molar-refractivity contribution in [1.29, 1.82) is 0 Å². The van der Waals surface area contributed by atoms with Gasteiger partial charge in [-0.3, -0.25) is 24.2 Å². The van der Waals surface area contributed by atoms with Crippen molar-refractivity contribution in [2.45, 2.75) is 54.4 Å². The molecule has 77 heavy (non-hydrogen) atoms. The molecule has 0 bridgehead atoms. The summed E-state index contributed by atoms with van der Waals surface area (Å²) in [5.74, 6) is -1.35. The van der Waals surface area contributed by atoms with E-state index in [4.69, 9.17) is 4.99 Å². The Morgan fingerprint density at radius 2 is 1.08 bits per heavy atom. The predicted molar refractivity (Wildman–Crippen MR) is 305 cm³/mol. The van der Waals surface area contributed by atoms with Crippen molar-refractivity contribution in [2.75, 3.05) is 45.9 Å². The zero-order valence-corrected chi connectivity index (χ0v) is 43.0. The highest BCUT2D eigenvalue weighted by molar-refractivity contribution is 6.22. The standard InChI is InChI=1S/C32H28N4O3.C28H30N6O3.CH4/c1-21-11-10-15-24(19-21)33-32(39)35-30-31(38)36(20-28(37)25-16-7-6-12-22(25)2)27-18-9-8-17-26(27)29(34-30)23-13-4-3-5-14-23;1-28(2,3)23(35)17-34-22-14-6-5-12-20(22)24(21-13-7-8-15-30-21)32-25(26(34)36)33-27(37)31-19-11-9-10-18(16-19)29-4;/h3-19,30H,20H2,1-2H3,(H2,33,35,39);5-16,25,29H,17H2,1-4H3,(H2,31,33,37);1H4/t30-;25-;/m00./s1. The van der Waals surface area contributed by atoms with Crippen LogP contribution in [0.25, 0.3) is 0 Å². The molecule has 0 radical (unpaired) electrons. The molecule has 0 spiro atoms. The number of pyridine rings is 1. The lowest BCUT2D eigenvalue weighted by atomic mass is 9.90. The molecule has 0 saturated carbocycles. The number of anilines is 5. The van der Waals surface area contributed by atoms with E-state index < -0.39 is 41.6 Å². The molecule has 392 valence electrons. The van der Waals surface area contributed by atoms with E-state index in [0.29, 0.717) is 56.6 Å². The molecule has 0 fully saturated rings. The SMILES string of the molecule is C.CNc1cccc(NC(=O)N[C@@H]2N=C(c3ccccn3)c3ccccc3N(CC(=O)C(C)(C)C)C2=O)c1.Cc1cccc(NC(=O)N[C@@H]2N=C(c3ccccc3)c3ccccc3N(CC(=O)c3ccccc3C)C2=O)c1. The molecule has 0 unspecified atom stereocenters. The first-order valence-electron chi connectivity index (χ1n) is 24.6. The second kappa shape index (κ2) is 24.6. The van der Waals surface area contributed by atoms with E-state index in [2.05, 4.69) is 36.6 Å². The number of urea groups is 2. The first-order valence-corrected chi connectivity index (χ1v) is 24.6. The number of aliphatic imine (C=N–C) groups is 2. The van der Waals surface area contributed by atoms with Crippen LogP contribution in [0.5, 0.6) is 0 Å². The van der Waals surface area contributed by atoms with E-state index in [-0.39, 0.29) is 32.1 Å². The van der Waals surface area contributed by atoms with Crippen molar-refractivity contribution in [2.24, 2.45) is 15.4 Å². The molecule has 2 aliphatic heterocycles. The number of hydrogen-bond acceptors (Lipinski definition) is 10. The summed E-state index contributed by atoms with van der Waals surface area (Å²) < 4.78 is 0. The number of amides is 6. The van der Waals surface area contributed by atoms with Gasteiger partial charge in [0.15, 0.2) is 11.6 Å². The zero-order chi connectivity index (χ0) is 53.9. The number of carbonyl (C=O) groups excluding carboxylic acids is 6. The molecule has 16 heteroatoms. The largest absolute Gasteiger partial charge is 0.388 e. The van der Waals surface area contributed by atoms with Crippen LogP contribution >= 0.6 is 0 Å². The maximum Gasteiger partial charge on any atom is 0.321 e. The number of hydrogen-bond donors (Lipinski definition) is 5. The number of benzene rings is 6. The van der Waals surface area contributed by atoms with Crippen LogP contribution < -0.4 is 36.4 Å². The van der Waals surface area contributed by atoms with Gasteiger partial charge in [0.25, 0.3) is 11.8 Å². The molecule has 0 saturated heterocycles. The Labute approximate surface area is 448 Å². The normalized spacial score (nSPS) is 14.7. The van der Waals surface area contributed by atoms with Gasteiger partial charge in [-0.2, -0.15) is 0 Å². The highest BCUT2D eigenvalue weighted by Gasteiger charge is 2.37. The lowest BCUT2D eigenvalue weighted by Gasteiger charge is -2.28. The zero-order valence-electron chi connectivity index (χ0n) is 43.0. The third-order valence-corrected chi connectivity index (χ3v) is 12.5. The highest BCUT2D eigenvalue weighted by atomic mass is 16.2. The average molecular weight is 1030 g/mol. The van der Waals surface area contributed by atoms with Crippen molar-refractivity contribution in [3.05, 3.63) is 215 Å². The first kappa shape index (κ1) is 55.2. The number of nitrogens with one attached hydrogen (secondary N) is 5. The van der Waals surface area contributed by atoms with Gasteiger partial charge in [-0.1, -0.05) is 143 Å². The molecule has 16 nitrogen and oxygen atoms in total. The molecule has 9 rings (SSSR count). The minimum atomic E-state index is -1.29.